The molecule has 0 aliphatic carbocycles. The number of aryl methyl sites for hydroxylation is 1. The topological polar surface area (TPSA) is 105 Å². The lowest BCUT2D eigenvalue weighted by molar-refractivity contribution is -0.119. The SMILES string of the molecule is Cc1ccc(S(=O)(=O)N2CCCCC2)cc1NC(=O)COC(=O)c1ccccc1Nc1ccccc1. The third-order valence-corrected chi connectivity index (χ3v) is 7.86. The Kier molecular flexibility index (Phi) is 8.02. The number of nitrogens with zero attached hydrogens (tertiary/aromatic N) is 1. The van der Waals surface area contributed by atoms with E-state index >= 15 is 0 Å². The molecule has 1 aliphatic rings. The first kappa shape index (κ1) is 25.4. The molecule has 0 radical (unpaired) electrons. The van der Waals surface area contributed by atoms with E-state index in [0.29, 0.717) is 35.6 Å². The Labute approximate surface area is 211 Å². The van der Waals surface area contributed by atoms with E-state index in [1.54, 1.807) is 43.3 Å². The van der Waals surface area contributed by atoms with Crippen LogP contribution in [0.5, 0.6) is 0 Å². The Bertz CT molecular complexity index is 1340. The second-order valence-corrected chi connectivity index (χ2v) is 10.5. The lowest BCUT2D eigenvalue weighted by Crippen LogP contribution is -2.35. The van der Waals surface area contributed by atoms with Crippen molar-refractivity contribution < 1.29 is 22.7 Å². The molecule has 0 atom stereocenters. The molecular weight excluding hydrogens is 478 g/mol. The number of nitrogens with one attached hydrogen (secondary N) is 2. The first-order valence-electron chi connectivity index (χ1n) is 11.8. The molecule has 1 amide bonds. The van der Waals surface area contributed by atoms with Crippen LogP contribution in [0.25, 0.3) is 0 Å². The maximum absolute atomic E-state index is 13.0. The molecule has 0 aromatic heterocycles. The van der Waals surface area contributed by atoms with Gasteiger partial charge in [-0.3, -0.25) is 4.79 Å². The van der Waals surface area contributed by atoms with Crippen LogP contribution in [0.1, 0.15) is 35.2 Å². The molecule has 0 saturated carbocycles. The average molecular weight is 508 g/mol. The highest BCUT2D eigenvalue weighted by Crippen LogP contribution is 2.25. The summed E-state index contributed by atoms with van der Waals surface area (Å²) in [6, 6.07) is 20.9. The standard InChI is InChI=1S/C27H29N3O5S/c1-20-14-15-22(36(33,34)30-16-8-3-9-17-30)18-25(20)29-26(31)19-35-27(32)23-12-6-7-13-24(23)28-21-10-4-2-5-11-21/h2,4-7,10-15,18,28H,3,8-9,16-17,19H2,1H3,(H,29,31). The number of anilines is 3. The van der Waals surface area contributed by atoms with E-state index in [1.807, 2.05) is 30.3 Å². The summed E-state index contributed by atoms with van der Waals surface area (Å²) in [5.74, 6) is -1.21. The second kappa shape index (κ2) is 11.4. The Morgan fingerprint density at radius 3 is 2.33 bits per heavy atom. The predicted octanol–water partition coefficient (Wildman–Crippen LogP) is 4.71. The summed E-state index contributed by atoms with van der Waals surface area (Å²) >= 11 is 0. The monoisotopic (exact) mass is 507 g/mol. The number of piperidine rings is 1. The number of benzene rings is 3. The predicted molar refractivity (Wildman–Crippen MR) is 139 cm³/mol. The number of sulfonamides is 1. The van der Waals surface area contributed by atoms with E-state index in [0.717, 1.165) is 24.9 Å². The van der Waals surface area contributed by atoms with Gasteiger partial charge in [-0.2, -0.15) is 4.31 Å². The second-order valence-electron chi connectivity index (χ2n) is 8.60. The number of para-hydroxylation sites is 2. The van der Waals surface area contributed by atoms with Crippen LogP contribution >= 0.6 is 0 Å². The summed E-state index contributed by atoms with van der Waals surface area (Å²) in [5, 5.41) is 5.85. The van der Waals surface area contributed by atoms with Gasteiger partial charge >= 0.3 is 5.97 Å². The van der Waals surface area contributed by atoms with Crippen molar-refractivity contribution in [2.45, 2.75) is 31.1 Å². The highest BCUT2D eigenvalue weighted by molar-refractivity contribution is 7.89. The Morgan fingerprint density at radius 1 is 0.889 bits per heavy atom. The van der Waals surface area contributed by atoms with Crippen molar-refractivity contribution >= 4 is 39.0 Å². The molecule has 1 heterocycles. The molecule has 3 aromatic carbocycles. The Hall–Kier alpha value is -3.69. The minimum atomic E-state index is -3.64. The van der Waals surface area contributed by atoms with Gasteiger partial charge in [0.1, 0.15) is 0 Å². The van der Waals surface area contributed by atoms with Crippen molar-refractivity contribution in [3.05, 3.63) is 83.9 Å². The molecular formula is C27H29N3O5S. The highest BCUT2D eigenvalue weighted by Gasteiger charge is 2.26. The van der Waals surface area contributed by atoms with Crippen LogP contribution in [0.4, 0.5) is 17.1 Å². The molecule has 4 rings (SSSR count). The third-order valence-electron chi connectivity index (χ3n) is 5.97. The number of carbonyl (C=O) groups is 2. The number of amides is 1. The number of carbonyl (C=O) groups excluding carboxylic acids is 2. The minimum absolute atomic E-state index is 0.128. The van der Waals surface area contributed by atoms with E-state index in [1.165, 1.54) is 10.4 Å². The van der Waals surface area contributed by atoms with Gasteiger partial charge < -0.3 is 15.4 Å². The van der Waals surface area contributed by atoms with Crippen LogP contribution in [0, 0.1) is 6.92 Å². The van der Waals surface area contributed by atoms with Crippen LogP contribution in [-0.2, 0) is 19.6 Å². The molecule has 0 bridgehead atoms. The number of hydrogen-bond donors (Lipinski definition) is 2. The van der Waals surface area contributed by atoms with Gasteiger partial charge in [-0.15, -0.1) is 0 Å². The van der Waals surface area contributed by atoms with E-state index < -0.39 is 28.5 Å². The average Bonchev–Trinajstić information content (AvgIpc) is 2.90. The van der Waals surface area contributed by atoms with E-state index in [9.17, 15) is 18.0 Å². The number of ether oxygens (including phenoxy) is 1. The molecule has 1 saturated heterocycles. The molecule has 3 aromatic rings. The first-order chi connectivity index (χ1) is 17.3. The van der Waals surface area contributed by atoms with E-state index in [-0.39, 0.29) is 4.90 Å². The van der Waals surface area contributed by atoms with Gasteiger partial charge in [0.25, 0.3) is 5.91 Å². The largest absolute Gasteiger partial charge is 0.452 e. The molecule has 2 N–H and O–H groups in total. The zero-order chi connectivity index (χ0) is 25.5. The third kappa shape index (κ3) is 6.10. The lowest BCUT2D eigenvalue weighted by Gasteiger charge is -2.26. The molecule has 188 valence electrons. The molecule has 9 heteroatoms. The fourth-order valence-electron chi connectivity index (χ4n) is 3.99. The van der Waals surface area contributed by atoms with Crippen LogP contribution in [-0.4, -0.2) is 44.3 Å². The molecule has 0 spiro atoms. The van der Waals surface area contributed by atoms with Gasteiger partial charge in [0, 0.05) is 24.5 Å². The number of rotatable bonds is 8. The minimum Gasteiger partial charge on any atom is -0.452 e. The molecule has 1 aliphatic heterocycles. The maximum Gasteiger partial charge on any atom is 0.340 e. The van der Waals surface area contributed by atoms with Crippen molar-refractivity contribution in [1.82, 2.24) is 4.31 Å². The smallest absolute Gasteiger partial charge is 0.340 e. The summed E-state index contributed by atoms with van der Waals surface area (Å²) in [4.78, 5) is 25.4. The van der Waals surface area contributed by atoms with Gasteiger partial charge in [0.15, 0.2) is 6.61 Å². The summed E-state index contributed by atoms with van der Waals surface area (Å²) in [7, 11) is -3.64. The van der Waals surface area contributed by atoms with E-state index in [4.69, 9.17) is 4.74 Å². The lowest BCUT2D eigenvalue weighted by atomic mass is 10.1. The van der Waals surface area contributed by atoms with Crippen molar-refractivity contribution in [1.29, 1.82) is 0 Å². The quantitative estimate of drug-likeness (QED) is 0.428. The zero-order valence-electron chi connectivity index (χ0n) is 20.1. The number of esters is 1. The fourth-order valence-corrected chi connectivity index (χ4v) is 5.54. The van der Waals surface area contributed by atoms with Crippen LogP contribution < -0.4 is 10.6 Å². The van der Waals surface area contributed by atoms with Crippen molar-refractivity contribution in [2.75, 3.05) is 30.3 Å². The van der Waals surface area contributed by atoms with E-state index in [2.05, 4.69) is 10.6 Å². The van der Waals surface area contributed by atoms with Crippen molar-refractivity contribution in [3.8, 4) is 0 Å². The van der Waals surface area contributed by atoms with Crippen LogP contribution in [0.3, 0.4) is 0 Å². The molecule has 36 heavy (non-hydrogen) atoms. The molecule has 1 fully saturated rings. The van der Waals surface area contributed by atoms with Gasteiger partial charge in [0.2, 0.25) is 10.0 Å². The molecule has 8 nitrogen and oxygen atoms in total. The summed E-state index contributed by atoms with van der Waals surface area (Å²) < 4.78 is 32.8. The fraction of sp³-hybridized carbons (Fsp3) is 0.259. The number of hydrogen-bond acceptors (Lipinski definition) is 6. The Morgan fingerprint density at radius 2 is 1.58 bits per heavy atom. The normalized spacial score (nSPS) is 14.1. The summed E-state index contributed by atoms with van der Waals surface area (Å²) in [6.45, 7) is 2.24. The zero-order valence-corrected chi connectivity index (χ0v) is 20.9. The van der Waals surface area contributed by atoms with Crippen LogP contribution in [0.15, 0.2) is 77.7 Å². The van der Waals surface area contributed by atoms with Crippen molar-refractivity contribution in [2.24, 2.45) is 0 Å². The van der Waals surface area contributed by atoms with Crippen molar-refractivity contribution in [3.63, 3.8) is 0 Å². The summed E-state index contributed by atoms with van der Waals surface area (Å²) in [6.07, 6.45) is 2.70. The Balaban J connectivity index is 1.40. The van der Waals surface area contributed by atoms with Crippen LogP contribution in [0.2, 0.25) is 0 Å². The van der Waals surface area contributed by atoms with Gasteiger partial charge in [0.05, 0.1) is 16.1 Å². The molecule has 0 unspecified atom stereocenters. The van der Waals surface area contributed by atoms with Gasteiger partial charge in [-0.25, -0.2) is 13.2 Å². The van der Waals surface area contributed by atoms with Gasteiger partial charge in [-0.1, -0.05) is 42.8 Å². The van der Waals surface area contributed by atoms with Gasteiger partial charge in [-0.05, 0) is 61.7 Å². The highest BCUT2D eigenvalue weighted by atomic mass is 32.2. The first-order valence-corrected chi connectivity index (χ1v) is 13.3. The maximum atomic E-state index is 13.0. The summed E-state index contributed by atoms with van der Waals surface area (Å²) in [5.41, 5.74) is 2.72.